The lowest BCUT2D eigenvalue weighted by Gasteiger charge is -2.22. The average Bonchev–Trinajstić information content (AvgIpc) is 2.93. The molecule has 0 unspecified atom stereocenters. The first-order chi connectivity index (χ1) is 6.75. The van der Waals surface area contributed by atoms with Gasteiger partial charge in [-0.3, -0.25) is 9.59 Å². The molecule has 0 bridgehead atoms. The fourth-order valence-corrected chi connectivity index (χ4v) is 1.23. The van der Waals surface area contributed by atoms with Crippen LogP contribution in [0, 0.1) is 5.92 Å². The molecule has 76 valence electrons. The van der Waals surface area contributed by atoms with Crippen molar-refractivity contribution in [3.8, 4) is 0 Å². The van der Waals surface area contributed by atoms with Crippen molar-refractivity contribution in [3.05, 3.63) is 12.3 Å². The highest BCUT2D eigenvalue weighted by Crippen LogP contribution is 2.32. The molecule has 2 amide bonds. The highest BCUT2D eigenvalue weighted by atomic mass is 16.7. The second kappa shape index (κ2) is 3.69. The molecule has 1 N–H and O–H groups in total. The summed E-state index contributed by atoms with van der Waals surface area (Å²) >= 11 is 0. The number of nitrogens with one attached hydrogen (secondary N) is 1. The topological polar surface area (TPSA) is 58.6 Å². The number of hydrogen-bond acceptors (Lipinski definition) is 3. The summed E-state index contributed by atoms with van der Waals surface area (Å²) in [6, 6.07) is 0. The molecule has 1 fully saturated rings. The lowest BCUT2D eigenvalue weighted by Crippen LogP contribution is -2.46. The third-order valence-electron chi connectivity index (χ3n) is 2.18. The van der Waals surface area contributed by atoms with Crippen LogP contribution >= 0.6 is 0 Å². The minimum atomic E-state index is -0.253. The van der Waals surface area contributed by atoms with Gasteiger partial charge in [0.2, 0.25) is 5.91 Å². The first-order valence-electron chi connectivity index (χ1n) is 4.70. The lowest BCUT2D eigenvalue weighted by atomic mass is 10.3. The number of amides is 2. The van der Waals surface area contributed by atoms with E-state index in [4.69, 9.17) is 4.84 Å². The van der Waals surface area contributed by atoms with Crippen molar-refractivity contribution in [3.63, 3.8) is 0 Å². The van der Waals surface area contributed by atoms with Crippen molar-refractivity contribution in [1.29, 1.82) is 0 Å². The molecule has 0 aromatic rings. The Morgan fingerprint density at radius 3 is 3.07 bits per heavy atom. The normalized spacial score (nSPS) is 20.6. The van der Waals surface area contributed by atoms with E-state index in [1.807, 2.05) is 0 Å². The van der Waals surface area contributed by atoms with Crippen LogP contribution in [-0.2, 0) is 14.4 Å². The Bertz CT molecular complexity index is 284. The average molecular weight is 196 g/mol. The summed E-state index contributed by atoms with van der Waals surface area (Å²) in [6.07, 6.45) is 5.97. The number of hydrogen-bond donors (Lipinski definition) is 1. The zero-order valence-corrected chi connectivity index (χ0v) is 7.73. The van der Waals surface area contributed by atoms with Crippen LogP contribution in [0.15, 0.2) is 12.3 Å². The molecule has 2 aliphatic rings. The molecule has 14 heavy (non-hydrogen) atoms. The summed E-state index contributed by atoms with van der Waals surface area (Å²) in [7, 11) is 0. The molecule has 0 spiro atoms. The summed E-state index contributed by atoms with van der Waals surface area (Å²) < 4.78 is 0. The van der Waals surface area contributed by atoms with Crippen molar-refractivity contribution in [2.24, 2.45) is 5.92 Å². The highest BCUT2D eigenvalue weighted by Gasteiger charge is 2.26. The van der Waals surface area contributed by atoms with Gasteiger partial charge in [-0.25, -0.2) is 5.43 Å². The number of carbonyl (C=O) groups excluding carboxylic acids is 2. The van der Waals surface area contributed by atoms with Gasteiger partial charge in [0.05, 0.1) is 6.42 Å². The molecule has 0 radical (unpaired) electrons. The Balaban J connectivity index is 1.80. The molecule has 1 aliphatic heterocycles. The molecule has 1 aliphatic carbocycles. The fraction of sp³-hybridized carbons (Fsp3) is 0.556. The van der Waals surface area contributed by atoms with Crippen LogP contribution in [0.4, 0.5) is 0 Å². The molecule has 1 heterocycles. The third-order valence-corrected chi connectivity index (χ3v) is 2.18. The van der Waals surface area contributed by atoms with Gasteiger partial charge in [-0.1, -0.05) is 5.17 Å². The Labute approximate surface area is 81.6 Å². The summed E-state index contributed by atoms with van der Waals surface area (Å²) in [4.78, 5) is 27.3. The van der Waals surface area contributed by atoms with E-state index in [-0.39, 0.29) is 18.2 Å². The van der Waals surface area contributed by atoms with Gasteiger partial charge in [0.15, 0.2) is 0 Å². The van der Waals surface area contributed by atoms with Crippen molar-refractivity contribution in [1.82, 2.24) is 10.6 Å². The zero-order valence-electron chi connectivity index (χ0n) is 7.73. The van der Waals surface area contributed by atoms with E-state index in [0.29, 0.717) is 12.3 Å². The lowest BCUT2D eigenvalue weighted by molar-refractivity contribution is -0.189. The highest BCUT2D eigenvalue weighted by molar-refractivity contribution is 5.82. The minimum absolute atomic E-state index is 0.156. The number of carbonyl (C=O) groups is 2. The van der Waals surface area contributed by atoms with Crippen LogP contribution in [0.3, 0.4) is 0 Å². The van der Waals surface area contributed by atoms with E-state index in [9.17, 15) is 9.59 Å². The maximum Gasteiger partial charge on any atom is 0.282 e. The third kappa shape index (κ3) is 2.25. The minimum Gasteiger partial charge on any atom is -0.365 e. The number of hydroxylamine groups is 1. The SMILES string of the molecule is O=C(CC1CC1)NN1OC=CCC1=O. The molecular formula is C9H12N2O3. The molecule has 2 rings (SSSR count). The standard InChI is InChI=1S/C9H12N2O3/c12-8(6-7-3-4-7)10-11-9(13)2-1-5-14-11/h1,5,7H,2-4,6H2,(H,10,12). The molecule has 0 aromatic carbocycles. The van der Waals surface area contributed by atoms with Crippen molar-refractivity contribution in [2.45, 2.75) is 25.7 Å². The van der Waals surface area contributed by atoms with Gasteiger partial charge < -0.3 is 4.84 Å². The summed E-state index contributed by atoms with van der Waals surface area (Å²) in [5.74, 6) is 0.0956. The van der Waals surface area contributed by atoms with Crippen molar-refractivity contribution < 1.29 is 14.4 Å². The second-order valence-corrected chi connectivity index (χ2v) is 3.55. The van der Waals surface area contributed by atoms with E-state index in [1.165, 1.54) is 6.26 Å². The van der Waals surface area contributed by atoms with E-state index < -0.39 is 0 Å². The molecular weight excluding hydrogens is 184 g/mol. The summed E-state index contributed by atoms with van der Waals surface area (Å²) in [6.45, 7) is 0. The number of rotatable bonds is 3. The van der Waals surface area contributed by atoms with Crippen LogP contribution in [0.2, 0.25) is 0 Å². The largest absolute Gasteiger partial charge is 0.365 e. The molecule has 0 atom stereocenters. The second-order valence-electron chi connectivity index (χ2n) is 3.55. The predicted molar refractivity (Wildman–Crippen MR) is 47.2 cm³/mol. The van der Waals surface area contributed by atoms with Crippen molar-refractivity contribution in [2.75, 3.05) is 0 Å². The van der Waals surface area contributed by atoms with Gasteiger partial charge in [-0.2, -0.15) is 0 Å². The van der Waals surface area contributed by atoms with Gasteiger partial charge in [0.25, 0.3) is 5.91 Å². The fourth-order valence-electron chi connectivity index (χ4n) is 1.23. The molecule has 0 saturated heterocycles. The predicted octanol–water partition coefficient (Wildman–Crippen LogP) is 0.495. The van der Waals surface area contributed by atoms with Gasteiger partial charge in [0.1, 0.15) is 6.26 Å². The quantitative estimate of drug-likeness (QED) is 0.714. The maximum atomic E-state index is 11.3. The van der Waals surface area contributed by atoms with E-state index in [1.54, 1.807) is 6.08 Å². The van der Waals surface area contributed by atoms with Crippen LogP contribution in [0.1, 0.15) is 25.7 Å². The van der Waals surface area contributed by atoms with Gasteiger partial charge >= 0.3 is 0 Å². The first-order valence-corrected chi connectivity index (χ1v) is 4.70. The summed E-state index contributed by atoms with van der Waals surface area (Å²) in [5, 5.41) is 0.894. The molecule has 5 nitrogen and oxygen atoms in total. The Morgan fingerprint density at radius 2 is 2.43 bits per heavy atom. The monoisotopic (exact) mass is 196 g/mol. The Hall–Kier alpha value is -1.52. The molecule has 0 aromatic heterocycles. The van der Waals surface area contributed by atoms with Crippen LogP contribution in [-0.4, -0.2) is 17.0 Å². The first kappa shape index (κ1) is 9.05. The maximum absolute atomic E-state index is 11.3. The van der Waals surface area contributed by atoms with E-state index in [2.05, 4.69) is 5.43 Å². The zero-order chi connectivity index (χ0) is 9.97. The Kier molecular flexibility index (Phi) is 2.39. The van der Waals surface area contributed by atoms with E-state index >= 15 is 0 Å². The number of hydrazine groups is 1. The van der Waals surface area contributed by atoms with Crippen molar-refractivity contribution >= 4 is 11.8 Å². The van der Waals surface area contributed by atoms with Crippen LogP contribution in [0.5, 0.6) is 0 Å². The van der Waals surface area contributed by atoms with Crippen LogP contribution in [0.25, 0.3) is 0 Å². The van der Waals surface area contributed by atoms with E-state index in [0.717, 1.165) is 18.0 Å². The van der Waals surface area contributed by atoms with Crippen LogP contribution < -0.4 is 5.43 Å². The molecule has 5 heteroatoms. The summed E-state index contributed by atoms with van der Waals surface area (Å²) in [5.41, 5.74) is 2.41. The van der Waals surface area contributed by atoms with Gasteiger partial charge in [-0.05, 0) is 24.8 Å². The number of nitrogens with zero attached hydrogens (tertiary/aromatic N) is 1. The molecule has 1 saturated carbocycles. The smallest absolute Gasteiger partial charge is 0.282 e. The van der Waals surface area contributed by atoms with Gasteiger partial charge in [-0.15, -0.1) is 0 Å². The van der Waals surface area contributed by atoms with Gasteiger partial charge in [0, 0.05) is 6.42 Å². The Morgan fingerprint density at radius 1 is 1.64 bits per heavy atom.